The van der Waals surface area contributed by atoms with Gasteiger partial charge in [-0.05, 0) is 36.3 Å². The summed E-state index contributed by atoms with van der Waals surface area (Å²) < 4.78 is 5.33. The lowest BCUT2D eigenvalue weighted by Crippen LogP contribution is -2.47. The van der Waals surface area contributed by atoms with Crippen molar-refractivity contribution in [2.24, 2.45) is 11.7 Å². The van der Waals surface area contributed by atoms with Crippen LogP contribution in [0.3, 0.4) is 0 Å². The van der Waals surface area contributed by atoms with Crippen LogP contribution in [0.1, 0.15) is 30.9 Å². The van der Waals surface area contributed by atoms with E-state index in [1.54, 1.807) is 4.90 Å². The lowest BCUT2D eigenvalue weighted by molar-refractivity contribution is -0.133. The molecule has 0 aromatic heterocycles. The summed E-state index contributed by atoms with van der Waals surface area (Å²) in [5.41, 5.74) is 8.60. The molecule has 124 valence electrons. The zero-order valence-electron chi connectivity index (χ0n) is 13.5. The third-order valence-corrected chi connectivity index (χ3v) is 4.29. The molecule has 0 radical (unpaired) electrons. The molecule has 1 atom stereocenters. The second-order valence-electron chi connectivity index (χ2n) is 5.84. The number of hydrogen-bond acceptors (Lipinski definition) is 3. The zero-order chi connectivity index (χ0) is 15.2. The molecular weight excluding hydrogens is 300 g/mol. The van der Waals surface area contributed by atoms with Gasteiger partial charge in [-0.3, -0.25) is 4.79 Å². The van der Waals surface area contributed by atoms with E-state index in [1.807, 2.05) is 7.05 Å². The Morgan fingerprint density at radius 3 is 2.36 bits per heavy atom. The lowest BCUT2D eigenvalue weighted by Gasteiger charge is -2.29. The van der Waals surface area contributed by atoms with Gasteiger partial charge in [-0.25, -0.2) is 0 Å². The van der Waals surface area contributed by atoms with Crippen LogP contribution < -0.4 is 5.73 Å². The van der Waals surface area contributed by atoms with E-state index in [4.69, 9.17) is 10.5 Å². The summed E-state index contributed by atoms with van der Waals surface area (Å²) in [6, 6.07) is 8.00. The fourth-order valence-electron chi connectivity index (χ4n) is 2.76. The summed E-state index contributed by atoms with van der Waals surface area (Å²) in [6.45, 7) is 4.18. The Hall–Kier alpha value is -1.10. The molecule has 0 saturated carbocycles. The van der Waals surface area contributed by atoms with Gasteiger partial charge in [-0.15, -0.1) is 12.4 Å². The van der Waals surface area contributed by atoms with Gasteiger partial charge in [0.15, 0.2) is 0 Å². The highest BCUT2D eigenvalue weighted by molar-refractivity contribution is 5.85. The molecule has 1 fully saturated rings. The van der Waals surface area contributed by atoms with Crippen molar-refractivity contribution in [3.8, 4) is 0 Å². The molecule has 0 aliphatic carbocycles. The normalized spacial score (nSPS) is 16.7. The van der Waals surface area contributed by atoms with Crippen LogP contribution in [0.25, 0.3) is 0 Å². The van der Waals surface area contributed by atoms with E-state index in [2.05, 4.69) is 31.2 Å². The average molecular weight is 327 g/mol. The van der Waals surface area contributed by atoms with E-state index in [9.17, 15) is 4.79 Å². The quantitative estimate of drug-likeness (QED) is 0.904. The Kier molecular flexibility index (Phi) is 7.87. The standard InChI is InChI=1S/C17H26N2O2.ClH/c1-3-13-4-6-14(7-5-13)12-19(2)17(20)16(18)15-8-10-21-11-9-15;/h4-7,15-16H,3,8-12,18H2,1-2H3;1H. The zero-order valence-corrected chi connectivity index (χ0v) is 14.3. The third kappa shape index (κ3) is 4.97. The number of nitrogens with zero attached hydrogens (tertiary/aromatic N) is 1. The molecule has 22 heavy (non-hydrogen) atoms. The third-order valence-electron chi connectivity index (χ3n) is 4.29. The van der Waals surface area contributed by atoms with Gasteiger partial charge in [0, 0.05) is 26.8 Å². The molecule has 0 bridgehead atoms. The summed E-state index contributed by atoms with van der Waals surface area (Å²) in [7, 11) is 1.83. The van der Waals surface area contributed by atoms with Crippen molar-refractivity contribution in [2.75, 3.05) is 20.3 Å². The maximum Gasteiger partial charge on any atom is 0.239 e. The van der Waals surface area contributed by atoms with E-state index in [-0.39, 0.29) is 24.2 Å². The Balaban J connectivity index is 0.00000242. The Bertz CT molecular complexity index is 458. The predicted octanol–water partition coefficient (Wildman–Crippen LogP) is 2.38. The summed E-state index contributed by atoms with van der Waals surface area (Å²) in [5.74, 6) is 0.276. The van der Waals surface area contributed by atoms with E-state index < -0.39 is 6.04 Å². The number of benzene rings is 1. The number of amides is 1. The molecule has 1 aliphatic heterocycles. The van der Waals surface area contributed by atoms with Gasteiger partial charge in [-0.2, -0.15) is 0 Å². The van der Waals surface area contributed by atoms with E-state index in [0.717, 1.165) is 24.8 Å². The van der Waals surface area contributed by atoms with Crippen LogP contribution in [-0.2, 0) is 22.5 Å². The molecule has 0 spiro atoms. The molecular formula is C17H27ClN2O2. The van der Waals surface area contributed by atoms with Gasteiger partial charge >= 0.3 is 0 Å². The number of rotatable bonds is 5. The van der Waals surface area contributed by atoms with Crippen LogP contribution in [0.4, 0.5) is 0 Å². The number of aryl methyl sites for hydroxylation is 1. The van der Waals surface area contributed by atoms with E-state index in [1.165, 1.54) is 5.56 Å². The maximum atomic E-state index is 12.4. The minimum atomic E-state index is -0.409. The number of halogens is 1. The van der Waals surface area contributed by atoms with Crippen molar-refractivity contribution >= 4 is 18.3 Å². The molecule has 2 rings (SSSR count). The largest absolute Gasteiger partial charge is 0.381 e. The minimum absolute atomic E-state index is 0. The van der Waals surface area contributed by atoms with Gasteiger partial charge in [0.1, 0.15) is 0 Å². The number of nitrogens with two attached hydrogens (primary N) is 1. The van der Waals surface area contributed by atoms with Crippen molar-refractivity contribution < 1.29 is 9.53 Å². The molecule has 1 unspecified atom stereocenters. The van der Waals surface area contributed by atoms with Gasteiger partial charge in [0.25, 0.3) is 0 Å². The highest BCUT2D eigenvalue weighted by atomic mass is 35.5. The molecule has 1 saturated heterocycles. The number of hydrogen-bond donors (Lipinski definition) is 1. The predicted molar refractivity (Wildman–Crippen MR) is 91.1 cm³/mol. The van der Waals surface area contributed by atoms with Crippen LogP contribution in [0.2, 0.25) is 0 Å². The van der Waals surface area contributed by atoms with E-state index in [0.29, 0.717) is 19.8 Å². The van der Waals surface area contributed by atoms with Crippen LogP contribution in [0.5, 0.6) is 0 Å². The molecule has 4 nitrogen and oxygen atoms in total. The number of ether oxygens (including phenoxy) is 1. The number of carbonyl (C=O) groups excluding carboxylic acids is 1. The summed E-state index contributed by atoms with van der Waals surface area (Å²) >= 11 is 0. The molecule has 1 aromatic carbocycles. The van der Waals surface area contributed by atoms with Crippen molar-refractivity contribution in [3.05, 3.63) is 35.4 Å². The highest BCUT2D eigenvalue weighted by Crippen LogP contribution is 2.19. The Labute approximate surface area is 139 Å². The summed E-state index contributed by atoms with van der Waals surface area (Å²) in [6.07, 6.45) is 2.79. The molecule has 1 aromatic rings. The van der Waals surface area contributed by atoms with Crippen molar-refractivity contribution in [1.29, 1.82) is 0 Å². The second-order valence-corrected chi connectivity index (χ2v) is 5.84. The minimum Gasteiger partial charge on any atom is -0.381 e. The topological polar surface area (TPSA) is 55.6 Å². The van der Waals surface area contributed by atoms with Crippen LogP contribution in [0, 0.1) is 5.92 Å². The first-order chi connectivity index (χ1) is 10.1. The Morgan fingerprint density at radius 1 is 1.27 bits per heavy atom. The van der Waals surface area contributed by atoms with Crippen molar-refractivity contribution in [3.63, 3.8) is 0 Å². The Morgan fingerprint density at radius 2 is 1.82 bits per heavy atom. The number of likely N-dealkylation sites (N-methyl/N-ethyl adjacent to an activating group) is 1. The molecule has 1 aliphatic rings. The van der Waals surface area contributed by atoms with Gasteiger partial charge < -0.3 is 15.4 Å². The molecule has 1 heterocycles. The van der Waals surface area contributed by atoms with E-state index >= 15 is 0 Å². The van der Waals surface area contributed by atoms with Gasteiger partial charge in [0.2, 0.25) is 5.91 Å². The molecule has 5 heteroatoms. The molecule has 2 N–H and O–H groups in total. The van der Waals surface area contributed by atoms with Gasteiger partial charge in [-0.1, -0.05) is 31.2 Å². The fraction of sp³-hybridized carbons (Fsp3) is 0.588. The van der Waals surface area contributed by atoms with Crippen molar-refractivity contribution in [1.82, 2.24) is 4.90 Å². The maximum absolute atomic E-state index is 12.4. The molecule has 1 amide bonds. The SMILES string of the molecule is CCc1ccc(CN(C)C(=O)C(N)C2CCOCC2)cc1.Cl. The van der Waals surface area contributed by atoms with Crippen LogP contribution in [-0.4, -0.2) is 37.1 Å². The first-order valence-corrected chi connectivity index (χ1v) is 7.78. The first-order valence-electron chi connectivity index (χ1n) is 7.78. The van der Waals surface area contributed by atoms with Crippen molar-refractivity contribution in [2.45, 2.75) is 38.8 Å². The fourth-order valence-corrected chi connectivity index (χ4v) is 2.76. The summed E-state index contributed by atoms with van der Waals surface area (Å²) in [5, 5.41) is 0. The first kappa shape index (κ1) is 18.9. The van der Waals surface area contributed by atoms with Crippen LogP contribution >= 0.6 is 12.4 Å². The smallest absolute Gasteiger partial charge is 0.239 e. The average Bonchev–Trinajstić information content (AvgIpc) is 2.55. The van der Waals surface area contributed by atoms with Crippen LogP contribution in [0.15, 0.2) is 24.3 Å². The number of carbonyl (C=O) groups is 1. The lowest BCUT2D eigenvalue weighted by atomic mass is 9.91. The van der Waals surface area contributed by atoms with Gasteiger partial charge in [0.05, 0.1) is 6.04 Å². The second kappa shape index (κ2) is 9.13. The highest BCUT2D eigenvalue weighted by Gasteiger charge is 2.28. The monoisotopic (exact) mass is 326 g/mol. The summed E-state index contributed by atoms with van der Waals surface area (Å²) in [4.78, 5) is 14.2.